The van der Waals surface area contributed by atoms with Crippen LogP contribution < -0.4 is 15.8 Å². The third kappa shape index (κ3) is 3.49. The lowest BCUT2D eigenvalue weighted by atomic mass is 10.0. The lowest BCUT2D eigenvalue weighted by Gasteiger charge is -2.18. The number of carbonyl (C=O) groups excluding carboxylic acids is 1. The van der Waals surface area contributed by atoms with Gasteiger partial charge < -0.3 is 11.1 Å². The van der Waals surface area contributed by atoms with E-state index in [0.29, 0.717) is 18.5 Å². The Morgan fingerprint density at radius 3 is 2.80 bits per heavy atom. The average Bonchev–Trinajstić information content (AvgIpc) is 2.38. The molecule has 0 unspecified atom stereocenters. The molecule has 2 rings (SSSR count). The minimum absolute atomic E-state index is 0. The van der Waals surface area contributed by atoms with Crippen LogP contribution in [0.4, 0.5) is 0 Å². The Kier molecular flexibility index (Phi) is 5.52. The van der Waals surface area contributed by atoms with Gasteiger partial charge in [-0.05, 0) is 31.0 Å². The van der Waals surface area contributed by atoms with Gasteiger partial charge in [0.25, 0.3) is 5.91 Å². The van der Waals surface area contributed by atoms with Gasteiger partial charge in [0.05, 0.1) is 4.90 Å². The van der Waals surface area contributed by atoms with E-state index < -0.39 is 10.0 Å². The number of rotatable bonds is 4. The topological polar surface area (TPSA) is 101 Å². The first-order valence-corrected chi connectivity index (χ1v) is 7.56. The van der Waals surface area contributed by atoms with Gasteiger partial charge in [-0.3, -0.25) is 4.79 Å². The van der Waals surface area contributed by atoms with Crippen LogP contribution >= 0.6 is 12.4 Å². The molecule has 0 bridgehead atoms. The normalized spacial score (nSPS) is 15.8. The molecule has 0 aliphatic carbocycles. The fraction of sp³-hybridized carbons (Fsp3) is 0.417. The number of benzene rings is 1. The van der Waals surface area contributed by atoms with Crippen molar-refractivity contribution in [3.8, 4) is 0 Å². The van der Waals surface area contributed by atoms with Gasteiger partial charge in [-0.25, -0.2) is 13.1 Å². The minimum atomic E-state index is -3.64. The molecule has 1 aromatic rings. The van der Waals surface area contributed by atoms with Crippen LogP contribution in [-0.2, 0) is 16.4 Å². The quantitative estimate of drug-likeness (QED) is 0.728. The van der Waals surface area contributed by atoms with Crippen molar-refractivity contribution in [2.45, 2.75) is 24.3 Å². The van der Waals surface area contributed by atoms with Crippen LogP contribution in [0.5, 0.6) is 0 Å². The molecule has 6 nitrogen and oxygen atoms in total. The number of halogens is 1. The number of hydrogen-bond donors (Lipinski definition) is 3. The second-order valence-electron chi connectivity index (χ2n) is 4.58. The highest BCUT2D eigenvalue weighted by Gasteiger charge is 2.22. The smallest absolute Gasteiger partial charge is 0.251 e. The summed E-state index contributed by atoms with van der Waals surface area (Å²) in [6.07, 6.45) is 0.716. The maximum Gasteiger partial charge on any atom is 0.251 e. The first-order chi connectivity index (χ1) is 8.94. The van der Waals surface area contributed by atoms with Crippen LogP contribution in [0.1, 0.15) is 22.8 Å². The molecule has 1 aliphatic rings. The third-order valence-corrected chi connectivity index (χ3v) is 4.61. The van der Waals surface area contributed by atoms with Crippen molar-refractivity contribution in [1.82, 2.24) is 10.0 Å². The zero-order valence-electron chi connectivity index (χ0n) is 11.0. The van der Waals surface area contributed by atoms with Crippen molar-refractivity contribution < 1.29 is 13.2 Å². The Hall–Kier alpha value is -1.15. The highest BCUT2D eigenvalue weighted by atomic mass is 35.5. The van der Waals surface area contributed by atoms with E-state index in [1.54, 1.807) is 13.0 Å². The van der Waals surface area contributed by atoms with Crippen LogP contribution in [0.3, 0.4) is 0 Å². The summed E-state index contributed by atoms with van der Waals surface area (Å²) in [7, 11) is -3.64. The molecule has 1 aromatic carbocycles. The molecule has 0 aromatic heterocycles. The highest BCUT2D eigenvalue weighted by Crippen LogP contribution is 2.19. The molecule has 0 fully saturated rings. The maximum absolute atomic E-state index is 12.1. The molecular weight excluding hydrogens is 302 g/mol. The number of fused-ring (bicyclic) bond motifs is 1. The second kappa shape index (κ2) is 6.53. The zero-order valence-corrected chi connectivity index (χ0v) is 12.7. The van der Waals surface area contributed by atoms with E-state index in [1.165, 1.54) is 12.1 Å². The monoisotopic (exact) mass is 319 g/mol. The van der Waals surface area contributed by atoms with Crippen molar-refractivity contribution >= 4 is 28.3 Å². The van der Waals surface area contributed by atoms with Gasteiger partial charge in [0.1, 0.15) is 0 Å². The Labute approximate surface area is 124 Å². The Morgan fingerprint density at radius 1 is 1.45 bits per heavy atom. The van der Waals surface area contributed by atoms with E-state index >= 15 is 0 Å². The molecule has 0 spiro atoms. The molecule has 1 atom stereocenters. The van der Waals surface area contributed by atoms with Crippen LogP contribution in [-0.4, -0.2) is 33.5 Å². The molecule has 20 heavy (non-hydrogen) atoms. The summed E-state index contributed by atoms with van der Waals surface area (Å²) in [5.74, 6) is -0.231. The second-order valence-corrected chi connectivity index (χ2v) is 6.30. The number of carbonyl (C=O) groups is 1. The van der Waals surface area contributed by atoms with E-state index in [9.17, 15) is 13.2 Å². The number of hydrogen-bond acceptors (Lipinski definition) is 4. The standard InChI is InChI=1S/C12H17N3O3S.ClH/c1-8(7-13)15-19(17,18)10-3-2-9-4-5-14-12(16)11(9)6-10;/h2-3,6,8,15H,4-5,7,13H2,1H3,(H,14,16);1H/t8-;/m0./s1. The molecule has 1 amide bonds. The summed E-state index contributed by atoms with van der Waals surface area (Å²) in [6.45, 7) is 2.48. The van der Waals surface area contributed by atoms with E-state index in [1.807, 2.05) is 0 Å². The summed E-state index contributed by atoms with van der Waals surface area (Å²) in [6, 6.07) is 4.27. The lowest BCUT2D eigenvalue weighted by molar-refractivity contribution is 0.0946. The molecule has 8 heteroatoms. The zero-order chi connectivity index (χ0) is 14.0. The Bertz CT molecular complexity index is 604. The van der Waals surface area contributed by atoms with Gasteiger partial charge in [0.2, 0.25) is 10.0 Å². The average molecular weight is 320 g/mol. The van der Waals surface area contributed by atoms with E-state index in [2.05, 4.69) is 10.0 Å². The number of nitrogens with two attached hydrogens (primary N) is 1. The van der Waals surface area contributed by atoms with E-state index in [4.69, 9.17) is 5.73 Å². The largest absolute Gasteiger partial charge is 0.352 e. The van der Waals surface area contributed by atoms with Crippen LogP contribution in [0.15, 0.2) is 23.1 Å². The SMILES string of the molecule is C[C@@H](CN)NS(=O)(=O)c1ccc2c(c1)C(=O)NCC2.Cl. The summed E-state index contributed by atoms with van der Waals surface area (Å²) in [4.78, 5) is 11.8. The molecule has 0 saturated carbocycles. The fourth-order valence-electron chi connectivity index (χ4n) is 1.94. The first kappa shape index (κ1) is 16.9. The summed E-state index contributed by atoms with van der Waals surface area (Å²) < 4.78 is 26.7. The molecule has 0 radical (unpaired) electrons. The third-order valence-electron chi connectivity index (χ3n) is 3.03. The van der Waals surface area contributed by atoms with Crippen molar-refractivity contribution in [3.63, 3.8) is 0 Å². The van der Waals surface area contributed by atoms with Gasteiger partial charge in [0, 0.05) is 24.7 Å². The van der Waals surface area contributed by atoms with Crippen LogP contribution in [0.25, 0.3) is 0 Å². The molecule has 1 heterocycles. The predicted molar refractivity (Wildman–Crippen MR) is 78.6 cm³/mol. The van der Waals surface area contributed by atoms with Crippen molar-refractivity contribution in [2.24, 2.45) is 5.73 Å². The van der Waals surface area contributed by atoms with Crippen LogP contribution in [0, 0.1) is 0 Å². The Morgan fingerprint density at radius 2 is 2.15 bits per heavy atom. The summed E-state index contributed by atoms with van der Waals surface area (Å²) >= 11 is 0. The first-order valence-electron chi connectivity index (χ1n) is 6.07. The molecular formula is C12H18ClN3O3S. The van der Waals surface area contributed by atoms with Gasteiger partial charge in [-0.15, -0.1) is 12.4 Å². The van der Waals surface area contributed by atoms with Gasteiger partial charge in [-0.2, -0.15) is 0 Å². The van der Waals surface area contributed by atoms with Gasteiger partial charge in [-0.1, -0.05) is 6.07 Å². The van der Waals surface area contributed by atoms with Gasteiger partial charge >= 0.3 is 0 Å². The maximum atomic E-state index is 12.1. The van der Waals surface area contributed by atoms with E-state index in [-0.39, 0.29) is 35.8 Å². The predicted octanol–water partition coefficient (Wildman–Crippen LogP) is 0.0198. The molecule has 112 valence electrons. The summed E-state index contributed by atoms with van der Waals surface area (Å²) in [5.41, 5.74) is 6.69. The van der Waals surface area contributed by atoms with E-state index in [0.717, 1.165) is 5.56 Å². The van der Waals surface area contributed by atoms with Gasteiger partial charge in [0.15, 0.2) is 0 Å². The van der Waals surface area contributed by atoms with Crippen molar-refractivity contribution in [1.29, 1.82) is 0 Å². The Balaban J connectivity index is 0.00000200. The number of nitrogens with one attached hydrogen (secondary N) is 2. The van der Waals surface area contributed by atoms with Crippen molar-refractivity contribution in [2.75, 3.05) is 13.1 Å². The van der Waals surface area contributed by atoms with Crippen molar-refractivity contribution in [3.05, 3.63) is 29.3 Å². The fourth-order valence-corrected chi connectivity index (χ4v) is 3.22. The molecule has 0 saturated heterocycles. The molecule has 1 aliphatic heterocycles. The number of amides is 1. The number of sulfonamides is 1. The summed E-state index contributed by atoms with van der Waals surface area (Å²) in [5, 5.41) is 2.69. The highest BCUT2D eigenvalue weighted by molar-refractivity contribution is 7.89. The lowest BCUT2D eigenvalue weighted by Crippen LogP contribution is -2.38. The van der Waals surface area contributed by atoms with Crippen LogP contribution in [0.2, 0.25) is 0 Å². The molecule has 4 N–H and O–H groups in total. The minimum Gasteiger partial charge on any atom is -0.352 e.